The first-order valence-corrected chi connectivity index (χ1v) is 6.49. The van der Waals surface area contributed by atoms with Crippen molar-refractivity contribution in [2.45, 2.75) is 18.9 Å². The SMILES string of the molecule is O=C(c1cnn2ccncc12)N1CCCC1CCl. The number of halogens is 1. The van der Waals surface area contributed by atoms with Crippen molar-refractivity contribution in [1.82, 2.24) is 19.5 Å². The van der Waals surface area contributed by atoms with E-state index in [9.17, 15) is 4.79 Å². The number of hydrogen-bond acceptors (Lipinski definition) is 3. The topological polar surface area (TPSA) is 50.5 Å². The monoisotopic (exact) mass is 264 g/mol. The van der Waals surface area contributed by atoms with Crippen molar-refractivity contribution in [3.8, 4) is 0 Å². The Balaban J connectivity index is 1.97. The number of carbonyl (C=O) groups is 1. The van der Waals surface area contributed by atoms with E-state index < -0.39 is 0 Å². The number of fused-ring (bicyclic) bond motifs is 1. The summed E-state index contributed by atoms with van der Waals surface area (Å²) in [7, 11) is 0. The van der Waals surface area contributed by atoms with Gasteiger partial charge in [0.2, 0.25) is 0 Å². The van der Waals surface area contributed by atoms with Gasteiger partial charge in [-0.25, -0.2) is 4.52 Å². The molecule has 0 bridgehead atoms. The van der Waals surface area contributed by atoms with E-state index in [1.807, 2.05) is 4.90 Å². The minimum absolute atomic E-state index is 0.00106. The second-order valence-electron chi connectivity index (χ2n) is 4.41. The Morgan fingerprint density at radius 3 is 3.22 bits per heavy atom. The molecule has 0 aliphatic carbocycles. The Kier molecular flexibility index (Phi) is 2.91. The van der Waals surface area contributed by atoms with Crippen LogP contribution in [0.5, 0.6) is 0 Å². The highest BCUT2D eigenvalue weighted by Crippen LogP contribution is 2.22. The Labute approximate surface area is 109 Å². The molecule has 1 aliphatic heterocycles. The molecule has 3 rings (SSSR count). The molecule has 0 radical (unpaired) electrons. The van der Waals surface area contributed by atoms with Gasteiger partial charge < -0.3 is 4.90 Å². The summed E-state index contributed by atoms with van der Waals surface area (Å²) >= 11 is 5.90. The molecular weight excluding hydrogens is 252 g/mol. The zero-order valence-corrected chi connectivity index (χ0v) is 10.5. The van der Waals surface area contributed by atoms with Crippen LogP contribution in [-0.2, 0) is 0 Å². The van der Waals surface area contributed by atoms with Gasteiger partial charge in [0.15, 0.2) is 0 Å². The van der Waals surface area contributed by atoms with E-state index >= 15 is 0 Å². The molecule has 2 aromatic rings. The van der Waals surface area contributed by atoms with Crippen LogP contribution in [0.3, 0.4) is 0 Å². The van der Waals surface area contributed by atoms with Gasteiger partial charge in [-0.2, -0.15) is 5.10 Å². The molecule has 5 nitrogen and oxygen atoms in total. The van der Waals surface area contributed by atoms with Gasteiger partial charge in [-0.05, 0) is 12.8 Å². The average molecular weight is 265 g/mol. The zero-order valence-electron chi connectivity index (χ0n) is 9.79. The first-order valence-electron chi connectivity index (χ1n) is 5.95. The van der Waals surface area contributed by atoms with Crippen molar-refractivity contribution >= 4 is 23.0 Å². The highest BCUT2D eigenvalue weighted by Gasteiger charge is 2.30. The molecule has 6 heteroatoms. The van der Waals surface area contributed by atoms with Crippen molar-refractivity contribution in [1.29, 1.82) is 0 Å². The number of likely N-dealkylation sites (tertiary alicyclic amines) is 1. The summed E-state index contributed by atoms with van der Waals surface area (Å²) in [6.45, 7) is 0.772. The molecule has 0 aromatic carbocycles. The van der Waals surface area contributed by atoms with Crippen LogP contribution in [0.2, 0.25) is 0 Å². The number of rotatable bonds is 2. The third kappa shape index (κ3) is 1.75. The number of amides is 1. The van der Waals surface area contributed by atoms with Crippen LogP contribution in [0.15, 0.2) is 24.8 Å². The second-order valence-corrected chi connectivity index (χ2v) is 4.72. The van der Waals surface area contributed by atoms with Gasteiger partial charge in [-0.15, -0.1) is 11.6 Å². The number of alkyl halides is 1. The third-order valence-corrected chi connectivity index (χ3v) is 3.73. The maximum Gasteiger partial charge on any atom is 0.258 e. The molecule has 18 heavy (non-hydrogen) atoms. The van der Waals surface area contributed by atoms with Crippen LogP contribution in [0.4, 0.5) is 0 Å². The highest BCUT2D eigenvalue weighted by molar-refractivity contribution is 6.18. The molecule has 1 amide bonds. The Morgan fingerprint density at radius 2 is 2.39 bits per heavy atom. The summed E-state index contributed by atoms with van der Waals surface area (Å²) in [5, 5.41) is 4.16. The van der Waals surface area contributed by atoms with Crippen LogP contribution in [0.1, 0.15) is 23.2 Å². The van der Waals surface area contributed by atoms with E-state index in [1.54, 1.807) is 29.3 Å². The lowest BCUT2D eigenvalue weighted by atomic mass is 10.2. The van der Waals surface area contributed by atoms with Crippen LogP contribution in [-0.4, -0.2) is 43.9 Å². The van der Waals surface area contributed by atoms with E-state index in [1.165, 1.54) is 0 Å². The van der Waals surface area contributed by atoms with Gasteiger partial charge in [0.05, 0.1) is 23.5 Å². The van der Waals surface area contributed by atoms with E-state index in [0.717, 1.165) is 24.9 Å². The molecule has 1 fully saturated rings. The number of nitrogens with zero attached hydrogens (tertiary/aromatic N) is 4. The molecular formula is C12H13ClN4O. The molecule has 94 valence electrons. The molecule has 0 spiro atoms. The van der Waals surface area contributed by atoms with E-state index in [4.69, 9.17) is 11.6 Å². The third-order valence-electron chi connectivity index (χ3n) is 3.37. The molecule has 1 atom stereocenters. The fourth-order valence-electron chi connectivity index (χ4n) is 2.42. The van der Waals surface area contributed by atoms with E-state index in [2.05, 4.69) is 10.1 Å². The summed E-state index contributed by atoms with van der Waals surface area (Å²) in [6.07, 6.45) is 8.63. The molecule has 1 unspecified atom stereocenters. The predicted molar refractivity (Wildman–Crippen MR) is 67.8 cm³/mol. The van der Waals surface area contributed by atoms with Gasteiger partial charge in [0.25, 0.3) is 5.91 Å². The second kappa shape index (κ2) is 4.57. The van der Waals surface area contributed by atoms with Crippen LogP contribution < -0.4 is 0 Å². The van der Waals surface area contributed by atoms with E-state index in [0.29, 0.717) is 11.4 Å². The molecule has 0 saturated carbocycles. The minimum atomic E-state index is 0.00106. The van der Waals surface area contributed by atoms with Crippen molar-refractivity contribution in [3.05, 3.63) is 30.4 Å². The summed E-state index contributed by atoms with van der Waals surface area (Å²) in [6, 6.07) is 0.144. The average Bonchev–Trinajstić information content (AvgIpc) is 3.04. The standard InChI is InChI=1S/C12H13ClN4O/c13-6-9-2-1-4-16(9)12(18)10-7-15-17-5-3-14-8-11(10)17/h3,5,7-9H,1-2,4,6H2. The lowest BCUT2D eigenvalue weighted by molar-refractivity contribution is 0.0751. The Bertz CT molecular complexity index is 582. The Hall–Kier alpha value is -1.62. The number of hydrogen-bond donors (Lipinski definition) is 0. The molecule has 0 N–H and O–H groups in total. The summed E-state index contributed by atoms with van der Waals surface area (Å²) < 4.78 is 1.66. The van der Waals surface area contributed by atoms with Crippen LogP contribution >= 0.6 is 11.6 Å². The lowest BCUT2D eigenvalue weighted by Crippen LogP contribution is -2.36. The first-order chi connectivity index (χ1) is 8.81. The smallest absolute Gasteiger partial charge is 0.258 e. The zero-order chi connectivity index (χ0) is 12.5. The summed E-state index contributed by atoms with van der Waals surface area (Å²) in [5.41, 5.74) is 1.34. The summed E-state index contributed by atoms with van der Waals surface area (Å²) in [5.74, 6) is 0.490. The van der Waals surface area contributed by atoms with Gasteiger partial charge in [0, 0.05) is 30.9 Å². The van der Waals surface area contributed by atoms with Crippen LogP contribution in [0.25, 0.3) is 5.52 Å². The maximum atomic E-state index is 12.5. The van der Waals surface area contributed by atoms with Gasteiger partial charge in [-0.3, -0.25) is 9.78 Å². The normalized spacial score (nSPS) is 19.6. The lowest BCUT2D eigenvalue weighted by Gasteiger charge is -2.22. The first kappa shape index (κ1) is 11.5. The number of carbonyl (C=O) groups excluding carboxylic acids is 1. The molecule has 1 aliphatic rings. The van der Waals surface area contributed by atoms with Gasteiger partial charge in [0.1, 0.15) is 0 Å². The molecule has 2 aromatic heterocycles. The highest BCUT2D eigenvalue weighted by atomic mass is 35.5. The molecule has 3 heterocycles. The van der Waals surface area contributed by atoms with Crippen molar-refractivity contribution in [2.75, 3.05) is 12.4 Å². The van der Waals surface area contributed by atoms with E-state index in [-0.39, 0.29) is 11.9 Å². The largest absolute Gasteiger partial charge is 0.334 e. The van der Waals surface area contributed by atoms with Crippen molar-refractivity contribution in [3.63, 3.8) is 0 Å². The summed E-state index contributed by atoms with van der Waals surface area (Å²) in [4.78, 5) is 18.4. The van der Waals surface area contributed by atoms with Crippen LogP contribution in [0, 0.1) is 0 Å². The van der Waals surface area contributed by atoms with Gasteiger partial charge in [-0.1, -0.05) is 0 Å². The maximum absolute atomic E-state index is 12.5. The van der Waals surface area contributed by atoms with Crippen molar-refractivity contribution in [2.24, 2.45) is 0 Å². The Morgan fingerprint density at radius 1 is 1.50 bits per heavy atom. The fourth-order valence-corrected chi connectivity index (χ4v) is 2.74. The van der Waals surface area contributed by atoms with Crippen molar-refractivity contribution < 1.29 is 4.79 Å². The van der Waals surface area contributed by atoms with Gasteiger partial charge >= 0.3 is 0 Å². The predicted octanol–water partition coefficient (Wildman–Crippen LogP) is 1.57. The fraction of sp³-hybridized carbons (Fsp3) is 0.417. The molecule has 1 saturated heterocycles. The quantitative estimate of drug-likeness (QED) is 0.774. The number of aromatic nitrogens is 3. The minimum Gasteiger partial charge on any atom is -0.334 e.